The average Bonchev–Trinajstić information content (AvgIpc) is 2.39. The fraction of sp³-hybridized carbons (Fsp3) is 0.0667. The minimum atomic E-state index is -0.0774. The van der Waals surface area contributed by atoms with Gasteiger partial charge in [0.1, 0.15) is 0 Å². The Kier molecular flexibility index (Phi) is 2.45. The summed E-state index contributed by atoms with van der Waals surface area (Å²) in [5, 5.41) is 1.63. The standard InChI is InChI=1S/C15H12N2O/c1-10-5-4-8-13(16-10)14-9-11-6-2-3-7-12(11)15(18)17-14/h2-9H,1H3,(H,17,18). The third-order valence-electron chi connectivity index (χ3n) is 2.92. The predicted octanol–water partition coefficient (Wildman–Crippen LogP) is 2.90. The summed E-state index contributed by atoms with van der Waals surface area (Å²) in [6.45, 7) is 1.93. The molecule has 1 N–H and O–H groups in total. The molecule has 3 aromatic rings. The topological polar surface area (TPSA) is 45.8 Å². The van der Waals surface area contributed by atoms with Crippen LogP contribution in [0.15, 0.2) is 53.3 Å². The van der Waals surface area contributed by atoms with Gasteiger partial charge in [0.05, 0.1) is 11.4 Å². The quantitative estimate of drug-likeness (QED) is 0.706. The van der Waals surface area contributed by atoms with Gasteiger partial charge in [0.2, 0.25) is 0 Å². The second-order valence-corrected chi connectivity index (χ2v) is 4.26. The Morgan fingerprint density at radius 1 is 1.06 bits per heavy atom. The van der Waals surface area contributed by atoms with Gasteiger partial charge in [-0.3, -0.25) is 9.78 Å². The molecule has 18 heavy (non-hydrogen) atoms. The lowest BCUT2D eigenvalue weighted by atomic mass is 10.1. The van der Waals surface area contributed by atoms with Crippen LogP contribution in [0.3, 0.4) is 0 Å². The van der Waals surface area contributed by atoms with Crippen LogP contribution < -0.4 is 5.56 Å². The van der Waals surface area contributed by atoms with Crippen molar-refractivity contribution in [3.63, 3.8) is 0 Å². The van der Waals surface area contributed by atoms with Gasteiger partial charge in [-0.2, -0.15) is 0 Å². The lowest BCUT2D eigenvalue weighted by Gasteiger charge is -2.04. The highest BCUT2D eigenvalue weighted by atomic mass is 16.1. The van der Waals surface area contributed by atoms with Crippen LogP contribution in [-0.4, -0.2) is 9.97 Å². The Morgan fingerprint density at radius 2 is 1.89 bits per heavy atom. The number of nitrogens with one attached hydrogen (secondary N) is 1. The van der Waals surface area contributed by atoms with Crippen molar-refractivity contribution in [1.82, 2.24) is 9.97 Å². The van der Waals surface area contributed by atoms with Gasteiger partial charge in [-0.05, 0) is 36.6 Å². The number of aromatic nitrogens is 2. The largest absolute Gasteiger partial charge is 0.320 e. The summed E-state index contributed by atoms with van der Waals surface area (Å²) >= 11 is 0. The third-order valence-corrected chi connectivity index (χ3v) is 2.92. The van der Waals surface area contributed by atoms with Gasteiger partial charge in [-0.25, -0.2) is 0 Å². The lowest BCUT2D eigenvalue weighted by molar-refractivity contribution is 1.17. The van der Waals surface area contributed by atoms with Crippen molar-refractivity contribution >= 4 is 10.8 Å². The zero-order valence-electron chi connectivity index (χ0n) is 9.97. The summed E-state index contributed by atoms with van der Waals surface area (Å²) in [5.41, 5.74) is 2.40. The zero-order valence-corrected chi connectivity index (χ0v) is 9.97. The van der Waals surface area contributed by atoms with Crippen LogP contribution in [0.4, 0.5) is 0 Å². The van der Waals surface area contributed by atoms with Gasteiger partial charge >= 0.3 is 0 Å². The van der Waals surface area contributed by atoms with Crippen molar-refractivity contribution in [2.24, 2.45) is 0 Å². The van der Waals surface area contributed by atoms with E-state index in [9.17, 15) is 4.79 Å². The van der Waals surface area contributed by atoms with E-state index in [1.54, 1.807) is 0 Å². The molecule has 0 saturated heterocycles. The maximum Gasteiger partial charge on any atom is 0.256 e. The Hall–Kier alpha value is -2.42. The number of benzene rings is 1. The van der Waals surface area contributed by atoms with E-state index in [1.807, 2.05) is 55.5 Å². The second kappa shape index (κ2) is 4.11. The number of pyridine rings is 2. The molecule has 0 spiro atoms. The van der Waals surface area contributed by atoms with Gasteiger partial charge in [-0.1, -0.05) is 24.3 Å². The summed E-state index contributed by atoms with van der Waals surface area (Å²) in [4.78, 5) is 19.3. The number of aryl methyl sites for hydroxylation is 1. The number of nitrogens with zero attached hydrogens (tertiary/aromatic N) is 1. The van der Waals surface area contributed by atoms with E-state index in [2.05, 4.69) is 9.97 Å². The van der Waals surface area contributed by atoms with E-state index in [-0.39, 0.29) is 5.56 Å². The monoisotopic (exact) mass is 236 g/mol. The Labute approximate surface area is 104 Å². The molecule has 0 aliphatic rings. The number of hydrogen-bond acceptors (Lipinski definition) is 2. The second-order valence-electron chi connectivity index (χ2n) is 4.26. The Balaban J connectivity index is 2.28. The highest BCUT2D eigenvalue weighted by Gasteiger charge is 2.04. The molecule has 0 aliphatic carbocycles. The molecular weight excluding hydrogens is 224 g/mol. The normalized spacial score (nSPS) is 10.7. The molecule has 2 heterocycles. The van der Waals surface area contributed by atoms with Gasteiger partial charge in [-0.15, -0.1) is 0 Å². The van der Waals surface area contributed by atoms with Crippen LogP contribution in [0, 0.1) is 6.92 Å². The molecule has 1 aromatic carbocycles. The molecule has 0 atom stereocenters. The van der Waals surface area contributed by atoms with Gasteiger partial charge in [0.15, 0.2) is 0 Å². The molecular formula is C15H12N2O. The molecule has 0 unspecified atom stereocenters. The van der Waals surface area contributed by atoms with E-state index in [0.717, 1.165) is 22.5 Å². The third kappa shape index (κ3) is 1.80. The summed E-state index contributed by atoms with van der Waals surface area (Å²) in [7, 11) is 0. The first kappa shape index (κ1) is 10.7. The first-order chi connectivity index (χ1) is 8.74. The highest BCUT2D eigenvalue weighted by molar-refractivity contribution is 5.84. The molecule has 2 aromatic heterocycles. The fourth-order valence-corrected chi connectivity index (χ4v) is 2.04. The smallest absolute Gasteiger partial charge is 0.256 e. The molecule has 3 heteroatoms. The lowest BCUT2D eigenvalue weighted by Crippen LogP contribution is -2.07. The minimum absolute atomic E-state index is 0.0774. The van der Waals surface area contributed by atoms with Crippen molar-refractivity contribution in [2.45, 2.75) is 6.92 Å². The van der Waals surface area contributed by atoms with Crippen molar-refractivity contribution in [3.05, 3.63) is 64.6 Å². The number of hydrogen-bond donors (Lipinski definition) is 1. The van der Waals surface area contributed by atoms with Crippen LogP contribution in [0.25, 0.3) is 22.2 Å². The first-order valence-corrected chi connectivity index (χ1v) is 5.80. The van der Waals surface area contributed by atoms with E-state index in [4.69, 9.17) is 0 Å². The molecule has 0 radical (unpaired) electrons. The molecule has 0 aliphatic heterocycles. The first-order valence-electron chi connectivity index (χ1n) is 5.80. The maximum absolute atomic E-state index is 12.0. The SMILES string of the molecule is Cc1cccc(-c2cc3ccccc3c(=O)[nH]2)n1. The summed E-state index contributed by atoms with van der Waals surface area (Å²) < 4.78 is 0. The maximum atomic E-state index is 12.0. The fourth-order valence-electron chi connectivity index (χ4n) is 2.04. The summed E-state index contributed by atoms with van der Waals surface area (Å²) in [6.07, 6.45) is 0. The van der Waals surface area contributed by atoms with E-state index < -0.39 is 0 Å². The predicted molar refractivity (Wildman–Crippen MR) is 72.5 cm³/mol. The van der Waals surface area contributed by atoms with Crippen LogP contribution in [0.1, 0.15) is 5.69 Å². The van der Waals surface area contributed by atoms with Crippen molar-refractivity contribution < 1.29 is 0 Å². The average molecular weight is 236 g/mol. The number of aromatic amines is 1. The molecule has 0 fully saturated rings. The molecule has 88 valence electrons. The van der Waals surface area contributed by atoms with Crippen molar-refractivity contribution in [3.8, 4) is 11.4 Å². The van der Waals surface area contributed by atoms with Gasteiger partial charge in [0.25, 0.3) is 5.56 Å². The summed E-state index contributed by atoms with van der Waals surface area (Å²) in [5.74, 6) is 0. The Morgan fingerprint density at radius 3 is 2.72 bits per heavy atom. The van der Waals surface area contributed by atoms with Gasteiger partial charge in [0, 0.05) is 11.1 Å². The summed E-state index contributed by atoms with van der Waals surface area (Å²) in [6, 6.07) is 15.3. The van der Waals surface area contributed by atoms with E-state index in [1.165, 1.54) is 0 Å². The van der Waals surface area contributed by atoms with Gasteiger partial charge < -0.3 is 4.98 Å². The minimum Gasteiger partial charge on any atom is -0.320 e. The molecule has 0 amide bonds. The zero-order chi connectivity index (χ0) is 12.5. The van der Waals surface area contributed by atoms with E-state index in [0.29, 0.717) is 5.39 Å². The van der Waals surface area contributed by atoms with Crippen molar-refractivity contribution in [1.29, 1.82) is 0 Å². The molecule has 3 rings (SSSR count). The van der Waals surface area contributed by atoms with Crippen LogP contribution >= 0.6 is 0 Å². The molecule has 0 bridgehead atoms. The molecule has 0 saturated carbocycles. The number of H-pyrrole nitrogens is 1. The van der Waals surface area contributed by atoms with Crippen LogP contribution in [0.5, 0.6) is 0 Å². The van der Waals surface area contributed by atoms with Crippen molar-refractivity contribution in [2.75, 3.05) is 0 Å². The van der Waals surface area contributed by atoms with Crippen LogP contribution in [-0.2, 0) is 0 Å². The number of rotatable bonds is 1. The number of fused-ring (bicyclic) bond motifs is 1. The Bertz CT molecular complexity index is 775. The van der Waals surface area contributed by atoms with Crippen LogP contribution in [0.2, 0.25) is 0 Å². The highest BCUT2D eigenvalue weighted by Crippen LogP contribution is 2.17. The van der Waals surface area contributed by atoms with E-state index >= 15 is 0 Å². The molecule has 3 nitrogen and oxygen atoms in total.